The zero-order valence-electron chi connectivity index (χ0n) is 23.0. The largest absolute Gasteiger partial charge is 0.308 e. The van der Waals surface area contributed by atoms with Crippen molar-refractivity contribution in [1.82, 2.24) is 9.97 Å². The van der Waals surface area contributed by atoms with E-state index in [4.69, 9.17) is 9.97 Å². The average Bonchev–Trinajstić information content (AvgIpc) is 3.07. The van der Waals surface area contributed by atoms with Crippen LogP contribution in [0.5, 0.6) is 0 Å². The summed E-state index contributed by atoms with van der Waals surface area (Å²) >= 11 is 0. The van der Waals surface area contributed by atoms with Crippen molar-refractivity contribution in [2.45, 2.75) is 0 Å². The summed E-state index contributed by atoms with van der Waals surface area (Å²) in [6.07, 6.45) is 1.77. The number of rotatable bonds is 6. The van der Waals surface area contributed by atoms with Gasteiger partial charge in [-0.25, -0.2) is 13.8 Å². The van der Waals surface area contributed by atoms with Crippen molar-refractivity contribution in [2.75, 3.05) is 4.90 Å². The molecule has 206 valence electrons. The minimum absolute atomic E-state index is 0.179. The zero-order valence-corrected chi connectivity index (χ0v) is 23.0. The standard InChI is InChI=1S/C38H25F2N3/c39-28-20-21-33(40)32(24-28)30-18-10-11-19-35(30)43(29-16-8-3-9-17-29)36-22-23-41-37-31(26-12-4-1-5-13-26)25-34(42-38(36)37)27-14-6-2-7-15-27/h1-25H. The van der Waals surface area contributed by atoms with Gasteiger partial charge in [0, 0.05) is 34.1 Å². The number of anilines is 3. The van der Waals surface area contributed by atoms with Crippen LogP contribution < -0.4 is 4.90 Å². The van der Waals surface area contributed by atoms with Crippen LogP contribution in [0.1, 0.15) is 0 Å². The third-order valence-corrected chi connectivity index (χ3v) is 7.44. The van der Waals surface area contributed by atoms with Crippen molar-refractivity contribution in [3.8, 4) is 33.5 Å². The fraction of sp³-hybridized carbons (Fsp3) is 0. The van der Waals surface area contributed by atoms with Crippen LogP contribution in [0.2, 0.25) is 0 Å². The van der Waals surface area contributed by atoms with Crippen molar-refractivity contribution in [1.29, 1.82) is 0 Å². The minimum Gasteiger partial charge on any atom is -0.308 e. The summed E-state index contributed by atoms with van der Waals surface area (Å²) in [5.74, 6) is -1.01. The summed E-state index contributed by atoms with van der Waals surface area (Å²) in [6, 6.07) is 45.0. The number of hydrogen-bond acceptors (Lipinski definition) is 3. The second kappa shape index (κ2) is 11.3. The molecule has 0 bridgehead atoms. The van der Waals surface area contributed by atoms with E-state index >= 15 is 4.39 Å². The fourth-order valence-electron chi connectivity index (χ4n) is 5.47. The van der Waals surface area contributed by atoms with Crippen molar-refractivity contribution >= 4 is 28.1 Å². The molecule has 0 fully saturated rings. The van der Waals surface area contributed by atoms with Gasteiger partial charge in [-0.05, 0) is 54.1 Å². The van der Waals surface area contributed by atoms with Gasteiger partial charge < -0.3 is 4.90 Å². The van der Waals surface area contributed by atoms with Crippen LogP contribution in [0.3, 0.4) is 0 Å². The van der Waals surface area contributed by atoms with Crippen molar-refractivity contribution in [3.63, 3.8) is 0 Å². The Balaban J connectivity index is 1.55. The van der Waals surface area contributed by atoms with Gasteiger partial charge in [-0.1, -0.05) is 97.1 Å². The quantitative estimate of drug-likeness (QED) is 0.202. The molecular formula is C38H25F2N3. The summed E-state index contributed by atoms with van der Waals surface area (Å²) in [6.45, 7) is 0. The molecular weight excluding hydrogens is 536 g/mol. The molecule has 7 aromatic rings. The molecule has 3 nitrogen and oxygen atoms in total. The molecule has 0 aliphatic heterocycles. The highest BCUT2D eigenvalue weighted by molar-refractivity contribution is 6.03. The smallest absolute Gasteiger partial charge is 0.131 e. The molecule has 0 radical (unpaired) electrons. The Kier molecular flexibility index (Phi) is 6.89. The van der Waals surface area contributed by atoms with E-state index in [2.05, 4.69) is 18.2 Å². The topological polar surface area (TPSA) is 29.0 Å². The van der Waals surface area contributed by atoms with E-state index in [1.54, 1.807) is 6.20 Å². The lowest BCUT2D eigenvalue weighted by Gasteiger charge is -2.28. The Morgan fingerprint density at radius 1 is 0.488 bits per heavy atom. The van der Waals surface area contributed by atoms with Gasteiger partial charge >= 0.3 is 0 Å². The van der Waals surface area contributed by atoms with Gasteiger partial charge in [0.15, 0.2) is 0 Å². The van der Waals surface area contributed by atoms with Gasteiger partial charge in [0.1, 0.15) is 17.2 Å². The molecule has 0 saturated carbocycles. The molecule has 0 N–H and O–H groups in total. The van der Waals surface area contributed by atoms with Gasteiger partial charge in [-0.2, -0.15) is 0 Å². The number of hydrogen-bond donors (Lipinski definition) is 0. The monoisotopic (exact) mass is 561 g/mol. The van der Waals surface area contributed by atoms with Gasteiger partial charge in [0.2, 0.25) is 0 Å². The maximum absolute atomic E-state index is 15.2. The van der Waals surface area contributed by atoms with Crippen LogP contribution in [0.4, 0.5) is 25.8 Å². The van der Waals surface area contributed by atoms with Crippen LogP contribution in [-0.4, -0.2) is 9.97 Å². The molecule has 5 aromatic carbocycles. The Morgan fingerprint density at radius 3 is 1.88 bits per heavy atom. The van der Waals surface area contributed by atoms with E-state index in [-0.39, 0.29) is 5.56 Å². The van der Waals surface area contributed by atoms with E-state index in [9.17, 15) is 4.39 Å². The van der Waals surface area contributed by atoms with E-state index < -0.39 is 11.6 Å². The first kappa shape index (κ1) is 26.2. The molecule has 0 saturated heterocycles. The Labute approximate surface area is 248 Å². The molecule has 0 spiro atoms. The van der Waals surface area contributed by atoms with Gasteiger partial charge in [-0.15, -0.1) is 0 Å². The van der Waals surface area contributed by atoms with Gasteiger partial charge in [0.25, 0.3) is 0 Å². The summed E-state index contributed by atoms with van der Waals surface area (Å²) in [4.78, 5) is 12.1. The summed E-state index contributed by atoms with van der Waals surface area (Å²) in [5, 5.41) is 0. The lowest BCUT2D eigenvalue weighted by atomic mass is 9.99. The Hall–Kier alpha value is -5.68. The molecule has 0 atom stereocenters. The van der Waals surface area contributed by atoms with Crippen LogP contribution in [0.15, 0.2) is 152 Å². The first-order chi connectivity index (χ1) is 21.2. The molecule has 2 heterocycles. The van der Waals surface area contributed by atoms with Crippen LogP contribution >= 0.6 is 0 Å². The molecule has 7 rings (SSSR count). The molecule has 43 heavy (non-hydrogen) atoms. The van der Waals surface area contributed by atoms with Crippen LogP contribution in [0.25, 0.3) is 44.5 Å². The van der Waals surface area contributed by atoms with E-state index in [0.717, 1.165) is 51.4 Å². The van der Waals surface area contributed by atoms with E-state index in [1.807, 2.05) is 114 Å². The third-order valence-electron chi connectivity index (χ3n) is 7.44. The molecule has 5 heteroatoms. The summed E-state index contributed by atoms with van der Waals surface area (Å²) < 4.78 is 29.7. The highest BCUT2D eigenvalue weighted by Crippen LogP contribution is 2.44. The average molecular weight is 562 g/mol. The first-order valence-electron chi connectivity index (χ1n) is 14.0. The maximum atomic E-state index is 15.2. The second-order valence-corrected chi connectivity index (χ2v) is 10.1. The van der Waals surface area contributed by atoms with Crippen LogP contribution in [0, 0.1) is 11.6 Å². The van der Waals surface area contributed by atoms with Crippen LogP contribution in [-0.2, 0) is 0 Å². The minimum atomic E-state index is -0.506. The zero-order chi connectivity index (χ0) is 29.2. The predicted molar refractivity (Wildman–Crippen MR) is 170 cm³/mol. The molecule has 0 aliphatic rings. The molecule has 0 amide bonds. The Bertz CT molecular complexity index is 2050. The number of nitrogens with zero attached hydrogens (tertiary/aromatic N) is 3. The van der Waals surface area contributed by atoms with E-state index in [0.29, 0.717) is 16.8 Å². The van der Waals surface area contributed by atoms with Crippen molar-refractivity contribution in [2.24, 2.45) is 0 Å². The van der Waals surface area contributed by atoms with E-state index in [1.165, 1.54) is 6.07 Å². The number of benzene rings is 5. The maximum Gasteiger partial charge on any atom is 0.131 e. The lowest BCUT2D eigenvalue weighted by molar-refractivity contribution is 0.603. The molecule has 2 aromatic heterocycles. The Morgan fingerprint density at radius 2 is 1.14 bits per heavy atom. The van der Waals surface area contributed by atoms with Crippen molar-refractivity contribution in [3.05, 3.63) is 163 Å². The van der Waals surface area contributed by atoms with Gasteiger partial charge in [-0.3, -0.25) is 4.98 Å². The molecule has 0 unspecified atom stereocenters. The highest BCUT2D eigenvalue weighted by atomic mass is 19.1. The predicted octanol–water partition coefficient (Wildman–Crippen LogP) is 10.4. The highest BCUT2D eigenvalue weighted by Gasteiger charge is 2.23. The number of fused-ring (bicyclic) bond motifs is 1. The SMILES string of the molecule is Fc1ccc(F)c(-c2ccccc2N(c2ccccc2)c2ccnc3c(-c4ccccc4)cc(-c4ccccc4)nc23)c1. The molecule has 0 aliphatic carbocycles. The first-order valence-corrected chi connectivity index (χ1v) is 14.0. The normalized spacial score (nSPS) is 11.0. The second-order valence-electron chi connectivity index (χ2n) is 10.1. The lowest BCUT2D eigenvalue weighted by Crippen LogP contribution is -2.13. The summed E-state index contributed by atoms with van der Waals surface area (Å²) in [7, 11) is 0. The van der Waals surface area contributed by atoms with Gasteiger partial charge in [0.05, 0.1) is 22.6 Å². The number of pyridine rings is 2. The number of para-hydroxylation sites is 2. The fourth-order valence-corrected chi connectivity index (χ4v) is 5.47. The van der Waals surface area contributed by atoms with Crippen molar-refractivity contribution < 1.29 is 8.78 Å². The summed E-state index contributed by atoms with van der Waals surface area (Å²) in [5.41, 5.74) is 8.17. The number of aromatic nitrogens is 2. The number of halogens is 2. The third kappa shape index (κ3) is 5.02.